The number of hydrogen-bond donors (Lipinski definition) is 0. The lowest BCUT2D eigenvalue weighted by molar-refractivity contribution is -0.144. The molecule has 3 aromatic carbocycles. The summed E-state index contributed by atoms with van der Waals surface area (Å²) in [4.78, 5) is 37.8. The zero-order chi connectivity index (χ0) is 23.1. The van der Waals surface area contributed by atoms with Crippen LogP contribution in [0.2, 0.25) is 0 Å². The monoisotopic (exact) mass is 430 g/mol. The van der Waals surface area contributed by atoms with Crippen molar-refractivity contribution < 1.29 is 23.9 Å². The summed E-state index contributed by atoms with van der Waals surface area (Å²) in [7, 11) is 0. The average Bonchev–Trinajstić information content (AvgIpc) is 2.78. The van der Waals surface area contributed by atoms with Gasteiger partial charge in [-0.2, -0.15) is 0 Å². The maximum atomic E-state index is 12.9. The maximum Gasteiger partial charge on any atom is 0.380 e. The minimum atomic E-state index is -0.928. The van der Waals surface area contributed by atoms with E-state index in [1.54, 1.807) is 38.1 Å². The van der Waals surface area contributed by atoms with Crippen molar-refractivity contribution in [1.29, 1.82) is 0 Å². The van der Waals surface area contributed by atoms with Gasteiger partial charge in [-0.25, -0.2) is 9.59 Å². The molecule has 3 rings (SSSR count). The first-order chi connectivity index (χ1) is 15.4. The fraction of sp³-hybridized carbons (Fsp3) is 0.222. The molecule has 0 saturated heterocycles. The van der Waals surface area contributed by atoms with Crippen molar-refractivity contribution in [1.82, 2.24) is 0 Å². The minimum absolute atomic E-state index is 0.0390. The van der Waals surface area contributed by atoms with Crippen LogP contribution in [-0.4, -0.2) is 24.3 Å². The molecule has 0 aromatic heterocycles. The summed E-state index contributed by atoms with van der Waals surface area (Å²) < 4.78 is 10.9. The molecule has 0 aliphatic heterocycles. The molecule has 1 atom stereocenters. The Hall–Kier alpha value is -3.73. The second-order valence-electron chi connectivity index (χ2n) is 7.70. The third kappa shape index (κ3) is 5.70. The summed E-state index contributed by atoms with van der Waals surface area (Å²) in [6.07, 6.45) is -0.490. The minimum Gasteiger partial charge on any atom is -0.462 e. The lowest BCUT2D eigenvalue weighted by atomic mass is 9.96. The van der Waals surface area contributed by atoms with Gasteiger partial charge in [0.05, 0.1) is 12.2 Å². The molecule has 0 amide bonds. The van der Waals surface area contributed by atoms with Gasteiger partial charge < -0.3 is 9.47 Å². The van der Waals surface area contributed by atoms with Crippen molar-refractivity contribution in [2.75, 3.05) is 6.61 Å². The van der Waals surface area contributed by atoms with Gasteiger partial charge in [0.1, 0.15) is 6.10 Å². The Labute approximate surface area is 188 Å². The van der Waals surface area contributed by atoms with E-state index in [2.05, 4.69) is 0 Å². The van der Waals surface area contributed by atoms with E-state index in [1.165, 1.54) is 0 Å². The molecular weight excluding hydrogens is 404 g/mol. The van der Waals surface area contributed by atoms with Crippen LogP contribution in [0, 0.1) is 20.8 Å². The molecular formula is C27H26O5. The van der Waals surface area contributed by atoms with Crippen LogP contribution >= 0.6 is 0 Å². The van der Waals surface area contributed by atoms with Gasteiger partial charge in [-0.15, -0.1) is 0 Å². The summed E-state index contributed by atoms with van der Waals surface area (Å²) >= 11 is 0. The number of esters is 2. The van der Waals surface area contributed by atoms with Crippen molar-refractivity contribution in [2.45, 2.75) is 33.3 Å². The number of benzene rings is 3. The van der Waals surface area contributed by atoms with Crippen LogP contribution in [0.15, 0.2) is 72.8 Å². The molecule has 0 aliphatic rings. The predicted octanol–water partition coefficient (Wildman–Crippen LogP) is 5.33. The first-order valence-corrected chi connectivity index (χ1v) is 10.5. The molecule has 0 heterocycles. The molecule has 0 fully saturated rings. The zero-order valence-corrected chi connectivity index (χ0v) is 18.5. The molecule has 0 bridgehead atoms. The first-order valence-electron chi connectivity index (χ1n) is 10.5. The molecule has 0 N–H and O–H groups in total. The number of aryl methyl sites for hydroxylation is 3. The Bertz CT molecular complexity index is 1080. The molecule has 5 heteroatoms. The third-order valence-corrected chi connectivity index (χ3v) is 5.13. The third-order valence-electron chi connectivity index (χ3n) is 5.13. The average molecular weight is 431 g/mol. The van der Waals surface area contributed by atoms with E-state index in [1.807, 2.05) is 55.5 Å². The summed E-state index contributed by atoms with van der Waals surface area (Å²) in [5, 5.41) is 0. The second kappa shape index (κ2) is 10.5. The van der Waals surface area contributed by atoms with Crippen LogP contribution in [-0.2, 0) is 14.3 Å². The van der Waals surface area contributed by atoms with E-state index >= 15 is 0 Å². The van der Waals surface area contributed by atoms with Crippen LogP contribution in [0.4, 0.5) is 0 Å². The van der Waals surface area contributed by atoms with Crippen LogP contribution < -0.4 is 0 Å². The highest BCUT2D eigenvalue weighted by Crippen LogP contribution is 2.24. The fourth-order valence-electron chi connectivity index (χ4n) is 3.70. The highest BCUT2D eigenvalue weighted by molar-refractivity contribution is 6.41. The van der Waals surface area contributed by atoms with Gasteiger partial charge in [0.25, 0.3) is 5.78 Å². The largest absolute Gasteiger partial charge is 0.462 e. The number of Topliss-reactive ketones (excluding diaryl/α,β-unsaturated/α-hetero) is 1. The summed E-state index contributed by atoms with van der Waals surface area (Å²) in [6, 6.07) is 21.5. The first kappa shape index (κ1) is 22.9. The van der Waals surface area contributed by atoms with Crippen molar-refractivity contribution in [3.05, 3.63) is 106 Å². The highest BCUT2D eigenvalue weighted by Gasteiger charge is 2.26. The Morgan fingerprint density at radius 3 is 1.97 bits per heavy atom. The molecule has 0 radical (unpaired) electrons. The predicted molar refractivity (Wildman–Crippen MR) is 122 cm³/mol. The van der Waals surface area contributed by atoms with Crippen molar-refractivity contribution in [2.24, 2.45) is 0 Å². The van der Waals surface area contributed by atoms with E-state index in [4.69, 9.17) is 9.47 Å². The Morgan fingerprint density at radius 1 is 0.812 bits per heavy atom. The summed E-state index contributed by atoms with van der Waals surface area (Å²) in [5.41, 5.74) is 4.02. The summed E-state index contributed by atoms with van der Waals surface area (Å²) in [5.74, 6) is -2.06. The number of carbonyl (C=O) groups excluding carboxylic acids is 3. The van der Waals surface area contributed by atoms with Gasteiger partial charge in [-0.05, 0) is 49.6 Å². The lowest BCUT2D eigenvalue weighted by Crippen LogP contribution is -2.23. The maximum absolute atomic E-state index is 12.9. The molecule has 1 unspecified atom stereocenters. The van der Waals surface area contributed by atoms with E-state index < -0.39 is 23.8 Å². The van der Waals surface area contributed by atoms with Gasteiger partial charge >= 0.3 is 11.9 Å². The van der Waals surface area contributed by atoms with Crippen LogP contribution in [0.3, 0.4) is 0 Å². The Kier molecular flexibility index (Phi) is 7.55. The van der Waals surface area contributed by atoms with E-state index in [0.717, 1.165) is 22.3 Å². The Morgan fingerprint density at radius 2 is 1.38 bits per heavy atom. The van der Waals surface area contributed by atoms with Crippen LogP contribution in [0.5, 0.6) is 0 Å². The normalized spacial score (nSPS) is 11.5. The van der Waals surface area contributed by atoms with E-state index in [9.17, 15) is 14.4 Å². The van der Waals surface area contributed by atoms with Crippen molar-refractivity contribution >= 4 is 17.7 Å². The van der Waals surface area contributed by atoms with Gasteiger partial charge in [0.15, 0.2) is 0 Å². The molecule has 32 heavy (non-hydrogen) atoms. The smallest absolute Gasteiger partial charge is 0.380 e. The van der Waals surface area contributed by atoms with Crippen LogP contribution in [0.25, 0.3) is 0 Å². The second-order valence-corrected chi connectivity index (χ2v) is 7.70. The topological polar surface area (TPSA) is 69.7 Å². The standard InChI is InChI=1S/C27H26O5/c1-18-16-19(2)24(20(3)17-18)25(28)27(30)32-23(21-10-6-4-7-11-21)14-15-31-26(29)22-12-8-5-9-13-22/h4-13,16-17,23H,14-15H2,1-3H3. The zero-order valence-electron chi connectivity index (χ0n) is 18.5. The van der Waals surface area contributed by atoms with E-state index in [0.29, 0.717) is 11.1 Å². The lowest BCUT2D eigenvalue weighted by Gasteiger charge is -2.19. The van der Waals surface area contributed by atoms with Gasteiger partial charge in [-0.3, -0.25) is 4.79 Å². The fourth-order valence-corrected chi connectivity index (χ4v) is 3.70. The van der Waals surface area contributed by atoms with Crippen molar-refractivity contribution in [3.63, 3.8) is 0 Å². The quantitative estimate of drug-likeness (QED) is 0.275. The summed E-state index contributed by atoms with van der Waals surface area (Å²) in [6.45, 7) is 5.59. The molecule has 0 spiro atoms. The number of rotatable bonds is 8. The Balaban J connectivity index is 1.71. The van der Waals surface area contributed by atoms with Gasteiger partial charge in [-0.1, -0.05) is 66.2 Å². The molecule has 164 valence electrons. The van der Waals surface area contributed by atoms with Gasteiger partial charge in [0, 0.05) is 12.0 Å². The van der Waals surface area contributed by atoms with Crippen molar-refractivity contribution in [3.8, 4) is 0 Å². The molecule has 3 aromatic rings. The van der Waals surface area contributed by atoms with Gasteiger partial charge in [0.2, 0.25) is 0 Å². The van der Waals surface area contributed by atoms with Crippen LogP contribution in [0.1, 0.15) is 55.5 Å². The number of hydrogen-bond acceptors (Lipinski definition) is 5. The van der Waals surface area contributed by atoms with E-state index in [-0.39, 0.29) is 13.0 Å². The number of ether oxygens (including phenoxy) is 2. The molecule has 5 nitrogen and oxygen atoms in total. The molecule has 0 aliphatic carbocycles. The highest BCUT2D eigenvalue weighted by atomic mass is 16.6. The number of carbonyl (C=O) groups is 3. The SMILES string of the molecule is Cc1cc(C)c(C(=O)C(=O)OC(CCOC(=O)c2ccccc2)c2ccccc2)c(C)c1. The number of ketones is 1. The molecule has 0 saturated carbocycles.